The summed E-state index contributed by atoms with van der Waals surface area (Å²) < 4.78 is 2.59. The van der Waals surface area contributed by atoms with E-state index in [0.29, 0.717) is 6.42 Å². The van der Waals surface area contributed by atoms with Gasteiger partial charge in [-0.3, -0.25) is 4.79 Å². The van der Waals surface area contributed by atoms with Gasteiger partial charge in [0.15, 0.2) is 0 Å². The van der Waals surface area contributed by atoms with Crippen LogP contribution in [0.15, 0.2) is 49.8 Å². The summed E-state index contributed by atoms with van der Waals surface area (Å²) in [6, 6.07) is 11.5. The monoisotopic (exact) mass is 472 g/mol. The van der Waals surface area contributed by atoms with Gasteiger partial charge < -0.3 is 10.6 Å². The Balaban J connectivity index is 1.77. The van der Waals surface area contributed by atoms with Crippen LogP contribution in [-0.4, -0.2) is 11.9 Å². The largest absolute Gasteiger partial charge is 0.373 e. The SMILES string of the molecule is O=C(Nc1c(Br)cc(Br)cc1Br)[C@@H]1Cc2ccccc2N1. The van der Waals surface area contributed by atoms with Crippen molar-refractivity contribution >= 4 is 65.1 Å². The summed E-state index contributed by atoms with van der Waals surface area (Å²) in [7, 11) is 0. The number of hydrogen-bond acceptors (Lipinski definition) is 2. The van der Waals surface area contributed by atoms with Crippen LogP contribution >= 0.6 is 47.8 Å². The summed E-state index contributed by atoms with van der Waals surface area (Å²) in [6.07, 6.45) is 0.702. The summed E-state index contributed by atoms with van der Waals surface area (Å²) in [5, 5.41) is 6.22. The smallest absolute Gasteiger partial charge is 0.247 e. The normalized spacial score (nSPS) is 16.2. The number of carbonyl (C=O) groups is 1. The Kier molecular flexibility index (Phi) is 4.38. The van der Waals surface area contributed by atoms with Crippen molar-refractivity contribution in [3.05, 3.63) is 55.4 Å². The molecular weight excluding hydrogens is 464 g/mol. The maximum atomic E-state index is 12.4. The lowest BCUT2D eigenvalue weighted by Crippen LogP contribution is -2.33. The molecule has 0 bridgehead atoms. The predicted octanol–water partition coefficient (Wildman–Crippen LogP) is 4.95. The fourth-order valence-electron chi connectivity index (χ4n) is 2.33. The first-order valence-electron chi connectivity index (χ1n) is 6.34. The highest BCUT2D eigenvalue weighted by atomic mass is 79.9. The fourth-order valence-corrected chi connectivity index (χ4v) is 4.78. The summed E-state index contributed by atoms with van der Waals surface area (Å²) in [5.74, 6) is -0.0464. The predicted molar refractivity (Wildman–Crippen MR) is 95.7 cm³/mol. The molecular formula is C15H11Br3N2O. The molecule has 1 atom stereocenters. The summed E-state index contributed by atoms with van der Waals surface area (Å²) in [6.45, 7) is 0. The molecule has 3 nitrogen and oxygen atoms in total. The van der Waals surface area contributed by atoms with Crippen molar-refractivity contribution in [2.75, 3.05) is 10.6 Å². The van der Waals surface area contributed by atoms with Gasteiger partial charge in [-0.15, -0.1) is 0 Å². The number of amides is 1. The van der Waals surface area contributed by atoms with E-state index in [1.165, 1.54) is 5.56 Å². The van der Waals surface area contributed by atoms with Gasteiger partial charge in [-0.2, -0.15) is 0 Å². The summed E-state index contributed by atoms with van der Waals surface area (Å²) in [4.78, 5) is 12.4. The lowest BCUT2D eigenvalue weighted by Gasteiger charge is -2.14. The van der Waals surface area contributed by atoms with Gasteiger partial charge in [0.05, 0.1) is 5.69 Å². The third kappa shape index (κ3) is 3.17. The number of fused-ring (bicyclic) bond motifs is 1. The summed E-state index contributed by atoms with van der Waals surface area (Å²) in [5.41, 5.74) is 2.94. The molecule has 21 heavy (non-hydrogen) atoms. The Bertz CT molecular complexity index is 670. The van der Waals surface area contributed by atoms with Crippen LogP contribution in [0.25, 0.3) is 0 Å². The number of carbonyl (C=O) groups excluding carboxylic acids is 1. The Hall–Kier alpha value is -0.850. The van der Waals surface area contributed by atoms with Gasteiger partial charge in [-0.25, -0.2) is 0 Å². The first-order valence-corrected chi connectivity index (χ1v) is 8.72. The van der Waals surface area contributed by atoms with E-state index in [1.807, 2.05) is 36.4 Å². The Morgan fingerprint density at radius 3 is 2.48 bits per heavy atom. The van der Waals surface area contributed by atoms with Crippen molar-refractivity contribution in [2.24, 2.45) is 0 Å². The van der Waals surface area contributed by atoms with Crippen molar-refractivity contribution < 1.29 is 4.79 Å². The van der Waals surface area contributed by atoms with Gasteiger partial charge in [0.2, 0.25) is 5.91 Å². The Labute approximate surface area is 147 Å². The molecule has 0 radical (unpaired) electrons. The van der Waals surface area contributed by atoms with Crippen molar-refractivity contribution in [3.8, 4) is 0 Å². The maximum Gasteiger partial charge on any atom is 0.247 e. The molecule has 6 heteroatoms. The number of hydrogen-bond donors (Lipinski definition) is 2. The van der Waals surface area contributed by atoms with Gasteiger partial charge in [0, 0.05) is 25.5 Å². The van der Waals surface area contributed by atoms with Gasteiger partial charge in [-0.1, -0.05) is 34.1 Å². The molecule has 1 aliphatic rings. The minimum Gasteiger partial charge on any atom is -0.373 e. The standard InChI is InChI=1S/C15H11Br3N2O/c16-9-6-10(17)14(11(18)7-9)20-15(21)13-5-8-3-1-2-4-12(8)19-13/h1-4,6-7,13,19H,5H2,(H,20,21)/t13-/m0/s1. The van der Waals surface area contributed by atoms with Crippen LogP contribution in [0, 0.1) is 0 Å². The first-order chi connectivity index (χ1) is 10.0. The van der Waals surface area contributed by atoms with Crippen LogP contribution in [0.2, 0.25) is 0 Å². The highest BCUT2D eigenvalue weighted by molar-refractivity contribution is 9.11. The number of anilines is 2. The van der Waals surface area contributed by atoms with E-state index >= 15 is 0 Å². The lowest BCUT2D eigenvalue weighted by molar-refractivity contribution is -0.116. The zero-order chi connectivity index (χ0) is 15.0. The number of para-hydroxylation sites is 1. The molecule has 0 spiro atoms. The van der Waals surface area contributed by atoms with Crippen LogP contribution in [0.1, 0.15) is 5.56 Å². The molecule has 3 rings (SSSR count). The molecule has 108 valence electrons. The van der Waals surface area contributed by atoms with E-state index in [9.17, 15) is 4.79 Å². The molecule has 1 amide bonds. The molecule has 0 aliphatic carbocycles. The molecule has 0 fully saturated rings. The van der Waals surface area contributed by atoms with Gasteiger partial charge in [0.1, 0.15) is 6.04 Å². The van der Waals surface area contributed by atoms with Crippen molar-refractivity contribution in [1.29, 1.82) is 0 Å². The number of benzene rings is 2. The van der Waals surface area contributed by atoms with Crippen LogP contribution in [0.3, 0.4) is 0 Å². The second-order valence-corrected chi connectivity index (χ2v) is 7.42. The zero-order valence-electron chi connectivity index (χ0n) is 10.8. The van der Waals surface area contributed by atoms with Gasteiger partial charge in [-0.05, 0) is 55.6 Å². The second kappa shape index (κ2) is 6.10. The van der Waals surface area contributed by atoms with Crippen LogP contribution in [0.4, 0.5) is 11.4 Å². The van der Waals surface area contributed by atoms with Gasteiger partial charge >= 0.3 is 0 Å². The molecule has 2 aromatic rings. The third-order valence-electron chi connectivity index (χ3n) is 3.34. The Morgan fingerprint density at radius 1 is 1.14 bits per heavy atom. The number of rotatable bonds is 2. The van der Waals surface area contributed by atoms with Crippen molar-refractivity contribution in [1.82, 2.24) is 0 Å². The fraction of sp³-hybridized carbons (Fsp3) is 0.133. The van der Waals surface area contributed by atoms with Crippen molar-refractivity contribution in [3.63, 3.8) is 0 Å². The van der Waals surface area contributed by atoms with Crippen molar-refractivity contribution in [2.45, 2.75) is 12.5 Å². The van der Waals surface area contributed by atoms with E-state index in [4.69, 9.17) is 0 Å². The van der Waals surface area contributed by atoms with E-state index in [0.717, 1.165) is 24.8 Å². The first kappa shape index (κ1) is 15.1. The quantitative estimate of drug-likeness (QED) is 0.646. The highest BCUT2D eigenvalue weighted by Crippen LogP contribution is 2.35. The van der Waals surface area contributed by atoms with E-state index in [1.54, 1.807) is 0 Å². The van der Waals surface area contributed by atoms with E-state index in [-0.39, 0.29) is 11.9 Å². The van der Waals surface area contributed by atoms with Crippen LogP contribution in [0.5, 0.6) is 0 Å². The number of nitrogens with one attached hydrogen (secondary N) is 2. The zero-order valence-corrected chi connectivity index (χ0v) is 15.5. The molecule has 0 aromatic heterocycles. The van der Waals surface area contributed by atoms with Crippen LogP contribution < -0.4 is 10.6 Å². The molecule has 1 heterocycles. The molecule has 0 saturated heterocycles. The molecule has 1 aliphatic heterocycles. The highest BCUT2D eigenvalue weighted by Gasteiger charge is 2.27. The minimum absolute atomic E-state index is 0.0464. The molecule has 0 unspecified atom stereocenters. The molecule has 0 saturated carbocycles. The average Bonchev–Trinajstić information content (AvgIpc) is 2.86. The molecule has 2 N–H and O–H groups in total. The van der Waals surface area contributed by atoms with Gasteiger partial charge in [0.25, 0.3) is 0 Å². The van der Waals surface area contributed by atoms with E-state index < -0.39 is 0 Å². The second-order valence-electron chi connectivity index (χ2n) is 4.79. The average molecular weight is 475 g/mol. The molecule has 2 aromatic carbocycles. The minimum atomic E-state index is -0.246. The Morgan fingerprint density at radius 2 is 1.81 bits per heavy atom. The third-order valence-corrected chi connectivity index (χ3v) is 5.05. The maximum absolute atomic E-state index is 12.4. The van der Waals surface area contributed by atoms with Crippen LogP contribution in [-0.2, 0) is 11.2 Å². The number of halogens is 3. The summed E-state index contributed by atoms with van der Waals surface area (Å²) >= 11 is 10.4. The lowest BCUT2D eigenvalue weighted by atomic mass is 10.1. The van der Waals surface area contributed by atoms with E-state index in [2.05, 4.69) is 58.4 Å². The topological polar surface area (TPSA) is 41.1 Å².